The maximum atomic E-state index is 11.2. The summed E-state index contributed by atoms with van der Waals surface area (Å²) in [4.78, 5) is 12.9. The Morgan fingerprint density at radius 2 is 1.89 bits per heavy atom. The smallest absolute Gasteiger partial charge is 0.316 e. The molecule has 1 aromatic rings. The Bertz CT molecular complexity index is 428. The number of anilines is 2. The van der Waals surface area contributed by atoms with E-state index in [0.717, 1.165) is 25.9 Å². The Morgan fingerprint density at radius 1 is 1.22 bits per heavy atom. The van der Waals surface area contributed by atoms with Crippen LogP contribution in [-0.2, 0) is 0 Å². The van der Waals surface area contributed by atoms with Gasteiger partial charge in [0.15, 0.2) is 0 Å². The molecule has 1 aromatic carbocycles. The van der Waals surface area contributed by atoms with Crippen LogP contribution in [0.2, 0.25) is 0 Å². The van der Waals surface area contributed by atoms with Crippen LogP contribution in [0.4, 0.5) is 17.1 Å². The molecule has 0 atom stereocenters. The van der Waals surface area contributed by atoms with E-state index in [9.17, 15) is 10.1 Å². The van der Waals surface area contributed by atoms with Gasteiger partial charge in [0.1, 0.15) is 11.4 Å². The van der Waals surface area contributed by atoms with Crippen LogP contribution in [0.3, 0.4) is 0 Å². The minimum absolute atomic E-state index is 0.0712. The monoisotopic (exact) mass is 250 g/mol. The summed E-state index contributed by atoms with van der Waals surface area (Å²) in [5.41, 5.74) is 3.50. The molecule has 0 radical (unpaired) electrons. The lowest BCUT2D eigenvalue weighted by Gasteiger charge is -2.23. The van der Waals surface area contributed by atoms with Gasteiger partial charge in [-0.3, -0.25) is 16.0 Å². The zero-order valence-electron chi connectivity index (χ0n) is 10.3. The highest BCUT2D eigenvalue weighted by Gasteiger charge is 2.23. The van der Waals surface area contributed by atoms with Crippen molar-refractivity contribution in [2.75, 3.05) is 23.4 Å². The van der Waals surface area contributed by atoms with E-state index >= 15 is 0 Å². The Hall–Kier alpha value is -1.82. The first-order chi connectivity index (χ1) is 8.74. The number of nitrogen functional groups attached to an aromatic ring is 1. The largest absolute Gasteiger partial charge is 0.366 e. The minimum Gasteiger partial charge on any atom is -0.366 e. The van der Waals surface area contributed by atoms with Gasteiger partial charge in [0, 0.05) is 13.1 Å². The fourth-order valence-electron chi connectivity index (χ4n) is 2.41. The van der Waals surface area contributed by atoms with Gasteiger partial charge in [0.25, 0.3) is 0 Å². The van der Waals surface area contributed by atoms with Crippen molar-refractivity contribution in [3.63, 3.8) is 0 Å². The highest BCUT2D eigenvalue weighted by molar-refractivity contribution is 5.76. The van der Waals surface area contributed by atoms with E-state index in [2.05, 4.69) is 10.3 Å². The lowest BCUT2D eigenvalue weighted by Crippen LogP contribution is -2.25. The van der Waals surface area contributed by atoms with Crippen molar-refractivity contribution in [3.8, 4) is 0 Å². The number of nitro groups is 1. The van der Waals surface area contributed by atoms with E-state index in [1.807, 2.05) is 0 Å². The number of benzene rings is 1. The Kier molecular flexibility index (Phi) is 3.99. The SMILES string of the molecule is NNc1cccc(N2CCCCCC2)c1[N+](=O)[O-]. The predicted molar refractivity (Wildman–Crippen MR) is 71.6 cm³/mol. The average molecular weight is 250 g/mol. The zero-order valence-corrected chi connectivity index (χ0v) is 10.3. The van der Waals surface area contributed by atoms with Gasteiger partial charge in [-0.15, -0.1) is 0 Å². The molecule has 3 N–H and O–H groups in total. The molecule has 0 spiro atoms. The van der Waals surface area contributed by atoms with E-state index in [1.165, 1.54) is 12.8 Å². The van der Waals surface area contributed by atoms with Crippen LogP contribution in [0.5, 0.6) is 0 Å². The fraction of sp³-hybridized carbons (Fsp3) is 0.500. The molecule has 1 aliphatic rings. The molecule has 0 aliphatic carbocycles. The summed E-state index contributed by atoms with van der Waals surface area (Å²) in [6, 6.07) is 5.21. The van der Waals surface area contributed by atoms with Crippen molar-refractivity contribution in [1.82, 2.24) is 0 Å². The molecule has 1 saturated heterocycles. The second kappa shape index (κ2) is 5.68. The van der Waals surface area contributed by atoms with Crippen LogP contribution in [0.15, 0.2) is 18.2 Å². The molecule has 18 heavy (non-hydrogen) atoms. The number of hydrazine groups is 1. The summed E-state index contributed by atoms with van der Waals surface area (Å²) in [5, 5.41) is 11.2. The van der Waals surface area contributed by atoms with E-state index in [4.69, 9.17) is 5.84 Å². The highest BCUT2D eigenvalue weighted by Crippen LogP contribution is 2.35. The third-order valence-corrected chi connectivity index (χ3v) is 3.30. The number of hydrogen-bond acceptors (Lipinski definition) is 5. The van der Waals surface area contributed by atoms with E-state index < -0.39 is 0 Å². The maximum absolute atomic E-state index is 11.2. The molecule has 98 valence electrons. The second-order valence-electron chi connectivity index (χ2n) is 4.48. The quantitative estimate of drug-likeness (QED) is 0.488. The standard InChI is InChI=1S/C12H18N4O2/c13-14-10-6-5-7-11(12(10)16(17)18)15-8-3-1-2-4-9-15/h5-7,14H,1-4,8-9,13H2. The number of rotatable bonds is 3. The average Bonchev–Trinajstić information content (AvgIpc) is 2.66. The van der Waals surface area contributed by atoms with Crippen LogP contribution in [-0.4, -0.2) is 18.0 Å². The molecule has 0 saturated carbocycles. The Morgan fingerprint density at radius 3 is 2.44 bits per heavy atom. The Balaban J connectivity index is 2.38. The number of nitrogens with two attached hydrogens (primary N) is 1. The molecule has 0 bridgehead atoms. The third-order valence-electron chi connectivity index (χ3n) is 3.30. The van der Waals surface area contributed by atoms with Gasteiger partial charge < -0.3 is 10.3 Å². The van der Waals surface area contributed by atoms with Gasteiger partial charge in [0.2, 0.25) is 0 Å². The maximum Gasteiger partial charge on any atom is 0.316 e. The van der Waals surface area contributed by atoms with E-state index in [0.29, 0.717) is 11.4 Å². The van der Waals surface area contributed by atoms with E-state index in [-0.39, 0.29) is 10.6 Å². The summed E-state index contributed by atoms with van der Waals surface area (Å²) in [6.07, 6.45) is 4.55. The lowest BCUT2D eigenvalue weighted by molar-refractivity contribution is -0.383. The summed E-state index contributed by atoms with van der Waals surface area (Å²) < 4.78 is 0. The molecule has 1 fully saturated rings. The fourth-order valence-corrected chi connectivity index (χ4v) is 2.41. The van der Waals surface area contributed by atoms with Crippen LogP contribution in [0, 0.1) is 10.1 Å². The number of nitrogens with one attached hydrogen (secondary N) is 1. The van der Waals surface area contributed by atoms with Gasteiger partial charge >= 0.3 is 5.69 Å². The first-order valence-electron chi connectivity index (χ1n) is 6.23. The number of para-hydroxylation sites is 1. The van der Waals surface area contributed by atoms with Crippen molar-refractivity contribution < 1.29 is 4.92 Å². The number of hydrogen-bond donors (Lipinski definition) is 2. The molecular weight excluding hydrogens is 232 g/mol. The molecule has 2 rings (SSSR count). The van der Waals surface area contributed by atoms with Crippen molar-refractivity contribution in [2.24, 2.45) is 5.84 Å². The molecule has 0 unspecified atom stereocenters. The zero-order chi connectivity index (χ0) is 13.0. The number of nitrogens with zero attached hydrogens (tertiary/aromatic N) is 2. The molecule has 1 heterocycles. The van der Waals surface area contributed by atoms with Crippen molar-refractivity contribution in [1.29, 1.82) is 0 Å². The molecule has 6 heteroatoms. The topological polar surface area (TPSA) is 84.4 Å². The van der Waals surface area contributed by atoms with Gasteiger partial charge in [-0.25, -0.2) is 0 Å². The normalized spacial score (nSPS) is 16.2. The van der Waals surface area contributed by atoms with E-state index in [1.54, 1.807) is 18.2 Å². The molecular formula is C12H18N4O2. The number of nitro benzene ring substituents is 1. The lowest BCUT2D eigenvalue weighted by atomic mass is 10.2. The summed E-state index contributed by atoms with van der Waals surface area (Å²) in [5.74, 6) is 5.34. The van der Waals surface area contributed by atoms with Crippen molar-refractivity contribution in [3.05, 3.63) is 28.3 Å². The van der Waals surface area contributed by atoms with Crippen LogP contribution in [0.25, 0.3) is 0 Å². The van der Waals surface area contributed by atoms with Crippen LogP contribution >= 0.6 is 0 Å². The molecule has 0 amide bonds. The second-order valence-corrected chi connectivity index (χ2v) is 4.48. The predicted octanol–water partition coefficient (Wildman–Crippen LogP) is 2.26. The highest BCUT2D eigenvalue weighted by atomic mass is 16.6. The van der Waals surface area contributed by atoms with Crippen LogP contribution in [0.1, 0.15) is 25.7 Å². The first-order valence-corrected chi connectivity index (χ1v) is 6.23. The minimum atomic E-state index is -0.366. The molecule has 1 aliphatic heterocycles. The van der Waals surface area contributed by atoms with Gasteiger partial charge in [0.05, 0.1) is 4.92 Å². The summed E-state index contributed by atoms with van der Waals surface area (Å²) >= 11 is 0. The third kappa shape index (κ3) is 2.53. The van der Waals surface area contributed by atoms with Gasteiger partial charge in [-0.1, -0.05) is 18.9 Å². The summed E-state index contributed by atoms with van der Waals surface area (Å²) in [7, 11) is 0. The van der Waals surface area contributed by atoms with Gasteiger partial charge in [-0.2, -0.15) is 0 Å². The van der Waals surface area contributed by atoms with Crippen LogP contribution < -0.4 is 16.2 Å². The van der Waals surface area contributed by atoms with Gasteiger partial charge in [-0.05, 0) is 25.0 Å². The molecule has 6 nitrogen and oxygen atoms in total. The Labute approximate surface area is 106 Å². The first kappa shape index (κ1) is 12.6. The summed E-state index contributed by atoms with van der Waals surface area (Å²) in [6.45, 7) is 1.74. The van der Waals surface area contributed by atoms with Crippen molar-refractivity contribution in [2.45, 2.75) is 25.7 Å². The van der Waals surface area contributed by atoms with Crippen molar-refractivity contribution >= 4 is 17.1 Å². The molecule has 0 aromatic heterocycles.